The van der Waals surface area contributed by atoms with Gasteiger partial charge in [0.25, 0.3) is 0 Å². The number of nitrogen functional groups attached to an aromatic ring is 1. The highest BCUT2D eigenvalue weighted by Gasteiger charge is 2.17. The summed E-state index contributed by atoms with van der Waals surface area (Å²) in [5.74, 6) is 1.32. The third-order valence-electron chi connectivity index (χ3n) is 4.29. The lowest BCUT2D eigenvalue weighted by Crippen LogP contribution is -2.07. The molecule has 2 N–H and O–H groups in total. The first-order chi connectivity index (χ1) is 12.7. The van der Waals surface area contributed by atoms with Crippen molar-refractivity contribution in [3.05, 3.63) is 30.1 Å². The summed E-state index contributed by atoms with van der Waals surface area (Å²) in [7, 11) is 1.56. The third-order valence-corrected chi connectivity index (χ3v) is 4.29. The Morgan fingerprint density at radius 1 is 1.27 bits per heavy atom. The standard InChI is InChI=1S/C19H25N5O2/c1-4-26-12-16-22-17-18(24(16)11-7-8-13(2)23-25-3)14-9-5-6-10-15(14)21-19(17)20/h5-6,9-10H,4,7-8,11-12H2,1-3H3,(H2,20,21). The molecule has 1 aromatic carbocycles. The van der Waals surface area contributed by atoms with Crippen LogP contribution in [-0.2, 0) is 22.7 Å². The van der Waals surface area contributed by atoms with Crippen LogP contribution in [0.25, 0.3) is 21.9 Å². The minimum atomic E-state index is 0.449. The second-order valence-corrected chi connectivity index (χ2v) is 6.14. The fourth-order valence-corrected chi connectivity index (χ4v) is 3.14. The monoisotopic (exact) mass is 355 g/mol. The van der Waals surface area contributed by atoms with Crippen LogP contribution in [0.4, 0.5) is 5.82 Å². The summed E-state index contributed by atoms with van der Waals surface area (Å²) in [6.07, 6.45) is 1.76. The Balaban J connectivity index is 2.05. The van der Waals surface area contributed by atoms with Crippen molar-refractivity contribution >= 4 is 33.5 Å². The van der Waals surface area contributed by atoms with E-state index in [4.69, 9.17) is 20.3 Å². The Morgan fingerprint density at radius 2 is 2.08 bits per heavy atom. The van der Waals surface area contributed by atoms with E-state index < -0.39 is 0 Å². The molecule has 0 atom stereocenters. The molecule has 0 radical (unpaired) electrons. The molecule has 3 rings (SSSR count). The average Bonchev–Trinajstić information content (AvgIpc) is 3.00. The van der Waals surface area contributed by atoms with Gasteiger partial charge in [-0.25, -0.2) is 9.97 Å². The molecule has 3 aromatic rings. The lowest BCUT2D eigenvalue weighted by molar-refractivity contribution is 0.126. The molecule has 26 heavy (non-hydrogen) atoms. The molecule has 7 nitrogen and oxygen atoms in total. The molecule has 0 bridgehead atoms. The first kappa shape index (κ1) is 18.1. The van der Waals surface area contributed by atoms with E-state index in [1.807, 2.05) is 32.0 Å². The van der Waals surface area contributed by atoms with Gasteiger partial charge in [0.2, 0.25) is 0 Å². The highest BCUT2D eigenvalue weighted by Crippen LogP contribution is 2.29. The molecule has 7 heteroatoms. The number of hydrogen-bond donors (Lipinski definition) is 1. The van der Waals surface area contributed by atoms with Gasteiger partial charge in [0.15, 0.2) is 5.82 Å². The van der Waals surface area contributed by atoms with Crippen LogP contribution in [0.5, 0.6) is 0 Å². The molecule has 2 heterocycles. The number of rotatable bonds is 8. The lowest BCUT2D eigenvalue weighted by atomic mass is 10.1. The molecule has 0 aliphatic rings. The molecule has 0 saturated carbocycles. The second-order valence-electron chi connectivity index (χ2n) is 6.14. The number of pyridine rings is 1. The zero-order valence-corrected chi connectivity index (χ0v) is 15.5. The summed E-state index contributed by atoms with van der Waals surface area (Å²) in [5, 5.41) is 5.03. The molecule has 0 spiro atoms. The molecular formula is C19H25N5O2. The maximum absolute atomic E-state index is 6.19. The first-order valence-electron chi connectivity index (χ1n) is 8.83. The van der Waals surface area contributed by atoms with Crippen molar-refractivity contribution in [1.29, 1.82) is 0 Å². The number of hydrogen-bond acceptors (Lipinski definition) is 6. The van der Waals surface area contributed by atoms with E-state index in [2.05, 4.69) is 20.8 Å². The van der Waals surface area contributed by atoms with Crippen molar-refractivity contribution in [3.8, 4) is 0 Å². The van der Waals surface area contributed by atoms with Crippen molar-refractivity contribution in [2.24, 2.45) is 5.16 Å². The van der Waals surface area contributed by atoms with E-state index in [1.54, 1.807) is 7.11 Å². The SMILES string of the molecule is CCOCc1nc2c(N)nc3ccccc3c2n1CCCC(C)=NOC. The van der Waals surface area contributed by atoms with Gasteiger partial charge in [-0.2, -0.15) is 0 Å². The Kier molecular flexibility index (Phi) is 5.68. The van der Waals surface area contributed by atoms with Gasteiger partial charge in [-0.15, -0.1) is 0 Å². The van der Waals surface area contributed by atoms with Gasteiger partial charge in [-0.05, 0) is 32.8 Å². The Morgan fingerprint density at radius 3 is 2.85 bits per heavy atom. The molecular weight excluding hydrogens is 330 g/mol. The molecule has 138 valence electrons. The number of benzene rings is 1. The predicted molar refractivity (Wildman–Crippen MR) is 104 cm³/mol. The van der Waals surface area contributed by atoms with Crippen LogP contribution in [0, 0.1) is 0 Å². The van der Waals surface area contributed by atoms with Gasteiger partial charge < -0.3 is 19.9 Å². The first-order valence-corrected chi connectivity index (χ1v) is 8.83. The summed E-state index contributed by atoms with van der Waals surface area (Å²) in [5.41, 5.74) is 9.78. The summed E-state index contributed by atoms with van der Waals surface area (Å²) >= 11 is 0. The van der Waals surface area contributed by atoms with Crippen LogP contribution in [0.2, 0.25) is 0 Å². The van der Waals surface area contributed by atoms with Crippen LogP contribution in [0.15, 0.2) is 29.4 Å². The van der Waals surface area contributed by atoms with Crippen LogP contribution in [0.3, 0.4) is 0 Å². The van der Waals surface area contributed by atoms with Crippen LogP contribution in [-0.4, -0.2) is 34.0 Å². The molecule has 0 unspecified atom stereocenters. The number of oxime groups is 1. The Labute approximate surface area is 152 Å². The van der Waals surface area contributed by atoms with E-state index in [0.29, 0.717) is 19.0 Å². The van der Waals surface area contributed by atoms with Gasteiger partial charge in [0.1, 0.15) is 25.1 Å². The normalized spacial score (nSPS) is 12.2. The summed E-state index contributed by atoms with van der Waals surface area (Å²) < 4.78 is 7.82. The zero-order chi connectivity index (χ0) is 18.5. The Bertz CT molecular complexity index is 932. The molecule has 0 aliphatic carbocycles. The fraction of sp³-hybridized carbons (Fsp3) is 0.421. The number of aryl methyl sites for hydroxylation is 1. The topological polar surface area (TPSA) is 87.6 Å². The van der Waals surface area contributed by atoms with E-state index in [9.17, 15) is 0 Å². The van der Waals surface area contributed by atoms with Gasteiger partial charge >= 0.3 is 0 Å². The average molecular weight is 355 g/mol. The summed E-state index contributed by atoms with van der Waals surface area (Å²) in [6.45, 7) is 5.82. The quantitative estimate of drug-likeness (QED) is 0.493. The number of ether oxygens (including phenoxy) is 1. The smallest absolute Gasteiger partial charge is 0.152 e. The van der Waals surface area contributed by atoms with Crippen LogP contribution < -0.4 is 5.73 Å². The highest BCUT2D eigenvalue weighted by atomic mass is 16.6. The lowest BCUT2D eigenvalue weighted by Gasteiger charge is -2.11. The van der Waals surface area contributed by atoms with Crippen LogP contribution >= 0.6 is 0 Å². The van der Waals surface area contributed by atoms with E-state index in [1.165, 1.54) is 0 Å². The molecule has 2 aromatic heterocycles. The molecule has 0 aliphatic heterocycles. The minimum absolute atomic E-state index is 0.449. The zero-order valence-electron chi connectivity index (χ0n) is 15.5. The largest absolute Gasteiger partial charge is 0.399 e. The summed E-state index contributed by atoms with van der Waals surface area (Å²) in [6, 6.07) is 8.01. The number of anilines is 1. The van der Waals surface area contributed by atoms with Gasteiger partial charge in [-0.3, -0.25) is 0 Å². The van der Waals surface area contributed by atoms with Gasteiger partial charge in [0, 0.05) is 18.5 Å². The fourth-order valence-electron chi connectivity index (χ4n) is 3.14. The van der Waals surface area contributed by atoms with E-state index >= 15 is 0 Å². The second kappa shape index (κ2) is 8.14. The van der Waals surface area contributed by atoms with Crippen molar-refractivity contribution in [2.45, 2.75) is 39.8 Å². The number of imidazole rings is 1. The number of nitrogens with zero attached hydrogens (tertiary/aromatic N) is 4. The Hall–Kier alpha value is -2.67. The van der Waals surface area contributed by atoms with Gasteiger partial charge in [0.05, 0.1) is 16.7 Å². The highest BCUT2D eigenvalue weighted by molar-refractivity contribution is 6.06. The molecule has 0 amide bonds. The minimum Gasteiger partial charge on any atom is -0.399 e. The van der Waals surface area contributed by atoms with E-state index in [0.717, 1.165) is 52.9 Å². The van der Waals surface area contributed by atoms with Crippen molar-refractivity contribution in [3.63, 3.8) is 0 Å². The number of para-hydroxylation sites is 1. The van der Waals surface area contributed by atoms with E-state index in [-0.39, 0.29) is 0 Å². The molecule has 0 saturated heterocycles. The van der Waals surface area contributed by atoms with Crippen molar-refractivity contribution < 1.29 is 9.57 Å². The predicted octanol–water partition coefficient (Wildman–Crippen LogP) is 3.51. The van der Waals surface area contributed by atoms with Crippen LogP contribution in [0.1, 0.15) is 32.5 Å². The number of aromatic nitrogens is 3. The summed E-state index contributed by atoms with van der Waals surface area (Å²) in [4.78, 5) is 14.1. The maximum Gasteiger partial charge on any atom is 0.152 e. The van der Waals surface area contributed by atoms with Gasteiger partial charge in [-0.1, -0.05) is 23.4 Å². The number of fused-ring (bicyclic) bond motifs is 3. The third kappa shape index (κ3) is 3.62. The maximum atomic E-state index is 6.19. The molecule has 0 fully saturated rings. The number of nitrogens with two attached hydrogens (primary N) is 1. The van der Waals surface area contributed by atoms with Crippen molar-refractivity contribution in [1.82, 2.24) is 14.5 Å². The van der Waals surface area contributed by atoms with Crippen molar-refractivity contribution in [2.75, 3.05) is 19.5 Å².